The fourth-order valence-corrected chi connectivity index (χ4v) is 3.08. The summed E-state index contributed by atoms with van der Waals surface area (Å²) in [6.07, 6.45) is 0.990. The van der Waals surface area contributed by atoms with E-state index in [1.165, 1.54) is 0 Å². The van der Waals surface area contributed by atoms with E-state index < -0.39 is 0 Å². The van der Waals surface area contributed by atoms with E-state index in [2.05, 4.69) is 15.4 Å². The number of nitrogens with one attached hydrogen (secondary N) is 1. The van der Waals surface area contributed by atoms with Crippen molar-refractivity contribution in [2.45, 2.75) is 19.8 Å². The van der Waals surface area contributed by atoms with Gasteiger partial charge in [0.25, 0.3) is 0 Å². The minimum atomic E-state index is -0.0800. The molecule has 0 radical (unpaired) electrons. The highest BCUT2D eigenvalue weighted by Gasteiger charge is 2.12. The lowest BCUT2D eigenvalue weighted by Gasteiger charge is -2.09. The van der Waals surface area contributed by atoms with E-state index in [1.54, 1.807) is 4.68 Å². The molecule has 6 nitrogen and oxygen atoms in total. The van der Waals surface area contributed by atoms with E-state index in [4.69, 9.17) is 4.74 Å². The summed E-state index contributed by atoms with van der Waals surface area (Å²) in [5.74, 6) is 2.01. The van der Waals surface area contributed by atoms with Crippen LogP contribution in [0.1, 0.15) is 18.5 Å². The van der Waals surface area contributed by atoms with E-state index in [0.29, 0.717) is 31.1 Å². The summed E-state index contributed by atoms with van der Waals surface area (Å²) in [7, 11) is 0. The zero-order valence-corrected chi connectivity index (χ0v) is 16.2. The first-order chi connectivity index (χ1) is 14.2. The third-order valence-electron chi connectivity index (χ3n) is 4.46. The molecule has 146 valence electrons. The third-order valence-corrected chi connectivity index (χ3v) is 4.46. The summed E-state index contributed by atoms with van der Waals surface area (Å²) < 4.78 is 7.30. The second kappa shape index (κ2) is 8.56. The number of para-hydroxylation sites is 2. The van der Waals surface area contributed by atoms with Crippen molar-refractivity contribution in [3.05, 3.63) is 78.5 Å². The summed E-state index contributed by atoms with van der Waals surface area (Å²) in [5, 5.41) is 8.49. The van der Waals surface area contributed by atoms with E-state index in [0.717, 1.165) is 22.3 Å². The van der Waals surface area contributed by atoms with Crippen LogP contribution in [0.3, 0.4) is 0 Å². The Bertz CT molecular complexity index is 1120. The molecule has 0 unspecified atom stereocenters. The smallest absolute Gasteiger partial charge is 0.225 e. The predicted octanol–water partition coefficient (Wildman–Crippen LogP) is 4.53. The van der Waals surface area contributed by atoms with Gasteiger partial charge in [-0.15, -0.1) is 0 Å². The molecule has 4 aromatic rings. The number of fused-ring (bicyclic) bond motifs is 1. The van der Waals surface area contributed by atoms with Crippen molar-refractivity contribution < 1.29 is 9.53 Å². The molecule has 0 aliphatic heterocycles. The van der Waals surface area contributed by atoms with Gasteiger partial charge in [0, 0.05) is 17.9 Å². The van der Waals surface area contributed by atoms with Crippen molar-refractivity contribution in [1.82, 2.24) is 14.8 Å². The number of amides is 1. The number of benzene rings is 2. The quantitative estimate of drug-likeness (QED) is 0.474. The molecule has 0 atom stereocenters. The second-order valence-corrected chi connectivity index (χ2v) is 6.76. The SMILES string of the molecule is Cc1cc(NC(=O)CCCOc2ccccc2)n(-c2ccc3ccccc3n2)n1. The molecule has 0 bridgehead atoms. The number of aryl methyl sites for hydroxylation is 1. The summed E-state index contributed by atoms with van der Waals surface area (Å²) >= 11 is 0. The average molecular weight is 386 g/mol. The number of carbonyl (C=O) groups is 1. The third kappa shape index (κ3) is 4.60. The maximum atomic E-state index is 12.4. The van der Waals surface area contributed by atoms with Crippen LogP contribution in [0.4, 0.5) is 5.82 Å². The van der Waals surface area contributed by atoms with Crippen LogP contribution in [0.2, 0.25) is 0 Å². The second-order valence-electron chi connectivity index (χ2n) is 6.76. The van der Waals surface area contributed by atoms with Crippen LogP contribution in [0.5, 0.6) is 5.75 Å². The maximum absolute atomic E-state index is 12.4. The van der Waals surface area contributed by atoms with E-state index >= 15 is 0 Å². The monoisotopic (exact) mass is 386 g/mol. The molecule has 6 heteroatoms. The standard InChI is InChI=1S/C23H22N4O2/c1-17-16-22(25-23(28)12-7-15-29-19-9-3-2-4-10-19)27(26-17)21-14-13-18-8-5-6-11-20(18)24-21/h2-6,8-11,13-14,16H,7,12,15H2,1H3,(H,25,28). The van der Waals surface area contributed by atoms with Gasteiger partial charge in [-0.25, -0.2) is 4.98 Å². The molecule has 29 heavy (non-hydrogen) atoms. The minimum absolute atomic E-state index is 0.0800. The molecular formula is C23H22N4O2. The molecule has 2 aromatic carbocycles. The highest BCUT2D eigenvalue weighted by Crippen LogP contribution is 2.19. The largest absolute Gasteiger partial charge is 0.494 e. The zero-order chi connectivity index (χ0) is 20.1. The molecule has 4 rings (SSSR count). The number of hydrogen-bond acceptors (Lipinski definition) is 4. The van der Waals surface area contributed by atoms with Gasteiger partial charge in [-0.3, -0.25) is 4.79 Å². The number of pyridine rings is 1. The highest BCUT2D eigenvalue weighted by molar-refractivity contribution is 5.90. The van der Waals surface area contributed by atoms with E-state index in [1.807, 2.05) is 79.7 Å². The van der Waals surface area contributed by atoms with Crippen molar-refractivity contribution in [1.29, 1.82) is 0 Å². The Balaban J connectivity index is 1.40. The average Bonchev–Trinajstić information content (AvgIpc) is 3.11. The molecule has 0 aliphatic carbocycles. The van der Waals surface area contributed by atoms with E-state index in [-0.39, 0.29) is 5.91 Å². The summed E-state index contributed by atoms with van der Waals surface area (Å²) in [6, 6.07) is 23.2. The number of aromatic nitrogens is 3. The number of rotatable bonds is 7. The van der Waals surface area contributed by atoms with Crippen molar-refractivity contribution >= 4 is 22.6 Å². The molecule has 0 spiro atoms. The van der Waals surface area contributed by atoms with Crippen molar-refractivity contribution in [3.8, 4) is 11.6 Å². The van der Waals surface area contributed by atoms with Gasteiger partial charge in [-0.1, -0.05) is 36.4 Å². The normalized spacial score (nSPS) is 10.8. The van der Waals surface area contributed by atoms with Gasteiger partial charge in [0.2, 0.25) is 5.91 Å². The Kier molecular flexibility index (Phi) is 5.52. The van der Waals surface area contributed by atoms with Crippen LogP contribution in [0.15, 0.2) is 72.8 Å². The summed E-state index contributed by atoms with van der Waals surface area (Å²) in [4.78, 5) is 17.1. The molecule has 1 amide bonds. The van der Waals surface area contributed by atoms with Crippen LogP contribution >= 0.6 is 0 Å². The first-order valence-corrected chi connectivity index (χ1v) is 9.59. The van der Waals surface area contributed by atoms with Gasteiger partial charge < -0.3 is 10.1 Å². The van der Waals surface area contributed by atoms with Crippen LogP contribution < -0.4 is 10.1 Å². The lowest BCUT2D eigenvalue weighted by atomic mass is 10.2. The Morgan fingerprint density at radius 1 is 1.03 bits per heavy atom. The van der Waals surface area contributed by atoms with Crippen LogP contribution in [-0.2, 0) is 4.79 Å². The number of hydrogen-bond donors (Lipinski definition) is 1. The molecule has 2 heterocycles. The zero-order valence-electron chi connectivity index (χ0n) is 16.2. The number of ether oxygens (including phenoxy) is 1. The molecule has 0 saturated heterocycles. The van der Waals surface area contributed by atoms with Crippen molar-refractivity contribution in [2.24, 2.45) is 0 Å². The molecular weight excluding hydrogens is 364 g/mol. The van der Waals surface area contributed by atoms with Gasteiger partial charge in [-0.2, -0.15) is 9.78 Å². The van der Waals surface area contributed by atoms with Gasteiger partial charge in [0.05, 0.1) is 17.8 Å². The molecule has 1 N–H and O–H groups in total. The molecule has 0 fully saturated rings. The van der Waals surface area contributed by atoms with Crippen molar-refractivity contribution in [3.63, 3.8) is 0 Å². The Morgan fingerprint density at radius 3 is 2.69 bits per heavy atom. The molecule has 0 saturated carbocycles. The van der Waals surface area contributed by atoms with Gasteiger partial charge in [0.1, 0.15) is 11.6 Å². The Morgan fingerprint density at radius 2 is 1.83 bits per heavy atom. The lowest BCUT2D eigenvalue weighted by Crippen LogP contribution is -2.16. The number of carbonyl (C=O) groups excluding carboxylic acids is 1. The summed E-state index contributed by atoms with van der Waals surface area (Å²) in [6.45, 7) is 2.38. The minimum Gasteiger partial charge on any atom is -0.494 e. The Labute approximate surface area is 169 Å². The van der Waals surface area contributed by atoms with Crippen LogP contribution in [0, 0.1) is 6.92 Å². The van der Waals surface area contributed by atoms with Crippen molar-refractivity contribution in [2.75, 3.05) is 11.9 Å². The van der Waals surface area contributed by atoms with E-state index in [9.17, 15) is 4.79 Å². The predicted molar refractivity (Wildman–Crippen MR) is 113 cm³/mol. The van der Waals surface area contributed by atoms with Crippen LogP contribution in [-0.4, -0.2) is 27.3 Å². The highest BCUT2D eigenvalue weighted by atomic mass is 16.5. The topological polar surface area (TPSA) is 69.0 Å². The van der Waals surface area contributed by atoms with Gasteiger partial charge in [0.15, 0.2) is 5.82 Å². The summed E-state index contributed by atoms with van der Waals surface area (Å²) in [5.41, 5.74) is 1.69. The molecule has 0 aliphatic rings. The fourth-order valence-electron chi connectivity index (χ4n) is 3.08. The number of anilines is 1. The van der Waals surface area contributed by atoms with Gasteiger partial charge >= 0.3 is 0 Å². The first kappa shape index (κ1) is 18.7. The first-order valence-electron chi connectivity index (χ1n) is 9.59. The van der Waals surface area contributed by atoms with Crippen LogP contribution in [0.25, 0.3) is 16.7 Å². The maximum Gasteiger partial charge on any atom is 0.225 e. The fraction of sp³-hybridized carbons (Fsp3) is 0.174. The molecule has 2 aromatic heterocycles. The Hall–Kier alpha value is -3.67. The van der Waals surface area contributed by atoms with Gasteiger partial charge in [-0.05, 0) is 43.7 Å². The lowest BCUT2D eigenvalue weighted by molar-refractivity contribution is -0.116. The number of nitrogens with zero attached hydrogens (tertiary/aromatic N) is 3.